The topological polar surface area (TPSA) is 30.2 Å². The summed E-state index contributed by atoms with van der Waals surface area (Å²) in [6.45, 7) is 0.869. The summed E-state index contributed by atoms with van der Waals surface area (Å²) in [4.78, 5) is 9.99. The molecule has 0 aliphatic carbocycles. The molecular weight excluding hydrogens is 418 g/mol. The molecule has 4 rings (SSSR count). The lowest BCUT2D eigenvalue weighted by molar-refractivity contribution is 0.684. The van der Waals surface area contributed by atoms with Gasteiger partial charge in [-0.3, -0.25) is 4.98 Å². The Hall–Kier alpha value is -2.50. The van der Waals surface area contributed by atoms with Crippen molar-refractivity contribution in [2.45, 2.75) is 13.0 Å². The lowest BCUT2D eigenvalue weighted by Gasteiger charge is -2.10. The minimum atomic E-state index is 0.869. The van der Waals surface area contributed by atoms with Crippen molar-refractivity contribution in [1.29, 1.82) is 0 Å². The summed E-state index contributed by atoms with van der Waals surface area (Å²) >= 11 is 5.24. The molecule has 0 bridgehead atoms. The van der Waals surface area contributed by atoms with Gasteiger partial charge in [-0.05, 0) is 36.2 Å². The summed E-state index contributed by atoms with van der Waals surface area (Å²) in [5.74, 6) is 0. The van der Waals surface area contributed by atoms with Crippen LogP contribution in [-0.4, -0.2) is 9.55 Å². The van der Waals surface area contributed by atoms with Crippen molar-refractivity contribution < 1.29 is 0 Å². The van der Waals surface area contributed by atoms with Crippen LogP contribution in [0.5, 0.6) is 0 Å². The Bertz CT molecular complexity index is 1090. The number of aromatic nitrogens is 2. The van der Waals surface area contributed by atoms with Gasteiger partial charge in [-0.2, -0.15) is 0 Å². The molecule has 2 aromatic carbocycles. The molecule has 0 amide bonds. The average molecular weight is 436 g/mol. The zero-order valence-corrected chi connectivity index (χ0v) is 17.0. The van der Waals surface area contributed by atoms with E-state index in [1.807, 2.05) is 18.2 Å². The van der Waals surface area contributed by atoms with Crippen LogP contribution >= 0.6 is 27.3 Å². The van der Waals surface area contributed by atoms with Gasteiger partial charge in [-0.1, -0.05) is 58.4 Å². The third-order valence-corrected chi connectivity index (χ3v) is 5.61. The van der Waals surface area contributed by atoms with Crippen LogP contribution in [0.15, 0.2) is 94.0 Å². The highest BCUT2D eigenvalue weighted by molar-refractivity contribution is 9.10. The lowest BCUT2D eigenvalue weighted by Crippen LogP contribution is -2.17. The smallest absolute Gasteiger partial charge is 0.190 e. The van der Waals surface area contributed by atoms with Gasteiger partial charge in [0.1, 0.15) is 0 Å². The highest BCUT2D eigenvalue weighted by atomic mass is 79.9. The van der Waals surface area contributed by atoms with Crippen LogP contribution in [0.25, 0.3) is 11.3 Å². The maximum absolute atomic E-state index is 4.83. The van der Waals surface area contributed by atoms with Crippen LogP contribution in [-0.2, 0) is 13.0 Å². The van der Waals surface area contributed by atoms with E-state index in [2.05, 4.69) is 79.4 Å². The summed E-state index contributed by atoms with van der Waals surface area (Å²) < 4.78 is 3.37. The maximum Gasteiger partial charge on any atom is 0.190 e. The third-order valence-electron chi connectivity index (χ3n) is 4.26. The largest absolute Gasteiger partial charge is 0.316 e. The molecule has 2 heterocycles. The Kier molecular flexibility index (Phi) is 5.61. The van der Waals surface area contributed by atoms with Gasteiger partial charge < -0.3 is 4.57 Å². The quantitative estimate of drug-likeness (QED) is 0.386. The van der Waals surface area contributed by atoms with E-state index in [-0.39, 0.29) is 0 Å². The van der Waals surface area contributed by atoms with E-state index in [0.717, 1.165) is 27.9 Å². The molecule has 27 heavy (non-hydrogen) atoms. The summed E-state index contributed by atoms with van der Waals surface area (Å²) in [6, 6.07) is 22.9. The molecule has 3 nitrogen and oxygen atoms in total. The molecule has 134 valence electrons. The van der Waals surface area contributed by atoms with Gasteiger partial charge in [-0.25, -0.2) is 4.99 Å². The van der Waals surface area contributed by atoms with E-state index in [1.54, 1.807) is 23.7 Å². The van der Waals surface area contributed by atoms with Gasteiger partial charge >= 0.3 is 0 Å². The first kappa shape index (κ1) is 17.9. The second kappa shape index (κ2) is 8.46. The van der Waals surface area contributed by atoms with Gasteiger partial charge in [0.2, 0.25) is 0 Å². The molecule has 0 fully saturated rings. The molecule has 4 aromatic rings. The number of nitrogens with zero attached hydrogens (tertiary/aromatic N) is 3. The number of benzene rings is 2. The number of hydrogen-bond acceptors (Lipinski definition) is 3. The summed E-state index contributed by atoms with van der Waals surface area (Å²) in [7, 11) is 0. The van der Waals surface area contributed by atoms with E-state index in [0.29, 0.717) is 0 Å². The van der Waals surface area contributed by atoms with Gasteiger partial charge in [0.05, 0.1) is 17.6 Å². The van der Waals surface area contributed by atoms with Crippen molar-refractivity contribution in [3.05, 3.63) is 99.3 Å². The van der Waals surface area contributed by atoms with Crippen LogP contribution in [0.3, 0.4) is 0 Å². The summed E-state index contributed by atoms with van der Waals surface area (Å²) in [5, 5.41) is 2.18. The number of aryl methyl sites for hydroxylation is 1. The van der Waals surface area contributed by atoms with Crippen LogP contribution in [0.2, 0.25) is 0 Å². The van der Waals surface area contributed by atoms with Crippen molar-refractivity contribution in [2.24, 2.45) is 4.99 Å². The second-order valence-electron chi connectivity index (χ2n) is 6.12. The fourth-order valence-corrected chi connectivity index (χ4v) is 4.28. The van der Waals surface area contributed by atoms with Gasteiger partial charge in [-0.15, -0.1) is 11.3 Å². The van der Waals surface area contributed by atoms with E-state index in [4.69, 9.17) is 4.99 Å². The van der Waals surface area contributed by atoms with Gasteiger partial charge in [0.15, 0.2) is 4.80 Å². The van der Waals surface area contributed by atoms with Crippen molar-refractivity contribution in [3.8, 4) is 11.3 Å². The monoisotopic (exact) mass is 435 g/mol. The number of halogens is 1. The Morgan fingerprint density at radius 1 is 1.00 bits per heavy atom. The first-order valence-electron chi connectivity index (χ1n) is 8.72. The van der Waals surface area contributed by atoms with Crippen molar-refractivity contribution >= 4 is 33.0 Å². The van der Waals surface area contributed by atoms with E-state index >= 15 is 0 Å². The Labute approximate surface area is 170 Å². The molecule has 5 heteroatoms. The summed E-state index contributed by atoms with van der Waals surface area (Å²) in [6.07, 6.45) is 4.52. The lowest BCUT2D eigenvalue weighted by atomic mass is 10.1. The van der Waals surface area contributed by atoms with Gasteiger partial charge in [0, 0.05) is 28.2 Å². The number of thiazole rings is 1. The Morgan fingerprint density at radius 3 is 2.67 bits per heavy atom. The van der Waals surface area contributed by atoms with E-state index in [1.165, 1.54) is 16.8 Å². The normalized spacial score (nSPS) is 11.7. The molecule has 0 aliphatic heterocycles. The molecular formula is C22H18BrN3S. The van der Waals surface area contributed by atoms with Gasteiger partial charge in [0.25, 0.3) is 0 Å². The van der Waals surface area contributed by atoms with Crippen molar-refractivity contribution in [1.82, 2.24) is 9.55 Å². The number of pyridine rings is 1. The SMILES string of the molecule is Brc1cccc(-c2csc(=Nc3cccnc3)n2CCc2ccccc2)c1. The first-order chi connectivity index (χ1) is 13.3. The Balaban J connectivity index is 1.76. The fraction of sp³-hybridized carbons (Fsp3) is 0.0909. The standard InChI is InChI=1S/C22H18BrN3S/c23-19-9-4-8-18(14-19)21-16-27-22(25-20-10-5-12-24-15-20)26(21)13-11-17-6-2-1-3-7-17/h1-10,12,14-16H,11,13H2. The summed E-state index contributed by atoms with van der Waals surface area (Å²) in [5.41, 5.74) is 4.55. The van der Waals surface area contributed by atoms with Crippen LogP contribution in [0.4, 0.5) is 5.69 Å². The highest BCUT2D eigenvalue weighted by Gasteiger charge is 2.09. The van der Waals surface area contributed by atoms with Crippen molar-refractivity contribution in [3.63, 3.8) is 0 Å². The third kappa shape index (κ3) is 4.43. The van der Waals surface area contributed by atoms with E-state index < -0.39 is 0 Å². The van der Waals surface area contributed by atoms with E-state index in [9.17, 15) is 0 Å². The zero-order valence-electron chi connectivity index (χ0n) is 14.6. The maximum atomic E-state index is 4.83. The minimum Gasteiger partial charge on any atom is -0.316 e. The first-order valence-corrected chi connectivity index (χ1v) is 10.4. The predicted octanol–water partition coefficient (Wildman–Crippen LogP) is 5.85. The Morgan fingerprint density at radius 2 is 1.89 bits per heavy atom. The fourth-order valence-electron chi connectivity index (χ4n) is 2.93. The zero-order chi connectivity index (χ0) is 18.5. The number of rotatable bonds is 5. The van der Waals surface area contributed by atoms with Crippen molar-refractivity contribution in [2.75, 3.05) is 0 Å². The molecule has 0 spiro atoms. The molecule has 0 atom stereocenters. The van der Waals surface area contributed by atoms with Crippen LogP contribution in [0, 0.1) is 0 Å². The molecule has 0 N–H and O–H groups in total. The molecule has 0 radical (unpaired) electrons. The van der Waals surface area contributed by atoms with Crippen LogP contribution < -0.4 is 4.80 Å². The molecule has 0 aliphatic rings. The van der Waals surface area contributed by atoms with Crippen LogP contribution in [0.1, 0.15) is 5.56 Å². The predicted molar refractivity (Wildman–Crippen MR) is 115 cm³/mol. The highest BCUT2D eigenvalue weighted by Crippen LogP contribution is 2.24. The molecule has 0 unspecified atom stereocenters. The minimum absolute atomic E-state index is 0.869. The molecule has 0 saturated heterocycles. The molecule has 2 aromatic heterocycles. The second-order valence-corrected chi connectivity index (χ2v) is 7.88. The number of hydrogen-bond donors (Lipinski definition) is 0. The molecule has 0 saturated carbocycles. The average Bonchev–Trinajstić information content (AvgIpc) is 3.10.